The van der Waals surface area contributed by atoms with Gasteiger partial charge >= 0.3 is 5.97 Å². The van der Waals surface area contributed by atoms with Gasteiger partial charge < -0.3 is 14.6 Å². The lowest BCUT2D eigenvalue weighted by atomic mass is 10.0. The Morgan fingerprint density at radius 3 is 2.00 bits per heavy atom. The van der Waals surface area contributed by atoms with Gasteiger partial charge in [0.2, 0.25) is 0 Å². The molecule has 1 aliphatic heterocycles. The third-order valence-corrected chi connectivity index (χ3v) is 5.16. The van der Waals surface area contributed by atoms with Crippen LogP contribution in [-0.2, 0) is 14.3 Å². The van der Waals surface area contributed by atoms with Gasteiger partial charge in [0.1, 0.15) is 0 Å². The molecule has 0 aliphatic carbocycles. The summed E-state index contributed by atoms with van der Waals surface area (Å²) in [5, 5.41) is 8.77. The number of rotatable bonds is 16. The molecule has 0 saturated carbocycles. The van der Waals surface area contributed by atoms with Gasteiger partial charge in [0.15, 0.2) is 5.79 Å². The van der Waals surface area contributed by atoms with Crippen LogP contribution in [0.15, 0.2) is 0 Å². The van der Waals surface area contributed by atoms with Crippen molar-refractivity contribution in [1.82, 2.24) is 0 Å². The van der Waals surface area contributed by atoms with E-state index in [-0.39, 0.29) is 12.5 Å². The number of carbonyl (C=O) groups is 1. The molecule has 1 saturated heterocycles. The van der Waals surface area contributed by atoms with Crippen molar-refractivity contribution in [3.63, 3.8) is 0 Å². The third-order valence-electron chi connectivity index (χ3n) is 5.16. The van der Waals surface area contributed by atoms with Crippen molar-refractivity contribution in [2.75, 3.05) is 6.61 Å². The highest BCUT2D eigenvalue weighted by atomic mass is 16.7. The number of unbranched alkanes of at least 4 members (excludes halogenated alkanes) is 11. The minimum Gasteiger partial charge on any atom is -0.481 e. The molecule has 0 aromatic carbocycles. The van der Waals surface area contributed by atoms with Crippen molar-refractivity contribution < 1.29 is 19.4 Å². The van der Waals surface area contributed by atoms with Crippen molar-refractivity contribution in [2.24, 2.45) is 0 Å². The van der Waals surface area contributed by atoms with Crippen molar-refractivity contribution in [1.29, 1.82) is 0 Å². The Morgan fingerprint density at radius 1 is 0.960 bits per heavy atom. The van der Waals surface area contributed by atoms with Gasteiger partial charge in [0.05, 0.1) is 19.1 Å². The number of hydrogen-bond donors (Lipinski definition) is 1. The Bertz CT molecular complexity index is 345. The monoisotopic (exact) mass is 356 g/mol. The fourth-order valence-corrected chi connectivity index (χ4v) is 3.51. The molecule has 1 N–H and O–H groups in total. The van der Waals surface area contributed by atoms with E-state index in [0.717, 1.165) is 6.42 Å². The molecular formula is C21H40O4. The van der Waals surface area contributed by atoms with Gasteiger partial charge in [-0.2, -0.15) is 0 Å². The second kappa shape index (κ2) is 13.6. The lowest BCUT2D eigenvalue weighted by molar-refractivity contribution is -0.166. The molecular weight excluding hydrogens is 316 g/mol. The molecule has 4 heteroatoms. The molecule has 1 rings (SSSR count). The SMILES string of the molecule is CCCCCCCCCCCCCCC1COC(C)(CCC(=O)O)O1. The van der Waals surface area contributed by atoms with Crippen LogP contribution >= 0.6 is 0 Å². The Labute approximate surface area is 154 Å². The highest BCUT2D eigenvalue weighted by Crippen LogP contribution is 2.30. The minimum atomic E-state index is -0.794. The Hall–Kier alpha value is -0.610. The molecule has 4 nitrogen and oxygen atoms in total. The van der Waals surface area contributed by atoms with Crippen LogP contribution in [0.25, 0.3) is 0 Å². The van der Waals surface area contributed by atoms with Gasteiger partial charge in [-0.3, -0.25) is 4.79 Å². The molecule has 0 spiro atoms. The molecule has 25 heavy (non-hydrogen) atoms. The van der Waals surface area contributed by atoms with Crippen molar-refractivity contribution >= 4 is 5.97 Å². The van der Waals surface area contributed by atoms with Crippen LogP contribution in [0.1, 0.15) is 110 Å². The summed E-state index contributed by atoms with van der Waals surface area (Å²) in [6, 6.07) is 0. The predicted molar refractivity (Wildman–Crippen MR) is 102 cm³/mol. The quantitative estimate of drug-likeness (QED) is 0.341. The number of hydrogen-bond acceptors (Lipinski definition) is 3. The fraction of sp³-hybridized carbons (Fsp3) is 0.952. The Kier molecular flexibility index (Phi) is 12.2. The summed E-state index contributed by atoms with van der Waals surface area (Å²) in [6.45, 7) is 4.73. The van der Waals surface area contributed by atoms with E-state index < -0.39 is 11.8 Å². The molecule has 2 unspecified atom stereocenters. The van der Waals surface area contributed by atoms with Crippen LogP contribution in [0, 0.1) is 0 Å². The second-order valence-electron chi connectivity index (χ2n) is 7.76. The number of aliphatic carboxylic acids is 1. The zero-order valence-corrected chi connectivity index (χ0v) is 16.6. The highest BCUT2D eigenvalue weighted by molar-refractivity contribution is 5.66. The molecule has 0 aromatic heterocycles. The first kappa shape index (κ1) is 22.4. The third kappa shape index (κ3) is 11.6. The van der Waals surface area contributed by atoms with Crippen molar-refractivity contribution in [3.05, 3.63) is 0 Å². The molecule has 2 atom stereocenters. The first-order chi connectivity index (χ1) is 12.1. The summed E-state index contributed by atoms with van der Waals surface area (Å²) in [5.74, 6) is -1.49. The summed E-state index contributed by atoms with van der Waals surface area (Å²) in [7, 11) is 0. The maximum atomic E-state index is 10.7. The smallest absolute Gasteiger partial charge is 0.303 e. The normalized spacial score (nSPS) is 23.2. The average molecular weight is 357 g/mol. The van der Waals surface area contributed by atoms with E-state index in [0.29, 0.717) is 13.0 Å². The predicted octanol–water partition coefficient (Wildman–Crippen LogP) is 6.07. The van der Waals surface area contributed by atoms with Gasteiger partial charge in [0, 0.05) is 6.42 Å². The fourth-order valence-electron chi connectivity index (χ4n) is 3.51. The van der Waals surface area contributed by atoms with E-state index >= 15 is 0 Å². The van der Waals surface area contributed by atoms with Crippen molar-refractivity contribution in [2.45, 2.75) is 122 Å². The van der Waals surface area contributed by atoms with Crippen LogP contribution in [-0.4, -0.2) is 29.6 Å². The van der Waals surface area contributed by atoms with Gasteiger partial charge in [-0.05, 0) is 13.3 Å². The Morgan fingerprint density at radius 2 is 1.48 bits per heavy atom. The Balaban J connectivity index is 1.88. The highest BCUT2D eigenvalue weighted by Gasteiger charge is 2.36. The van der Waals surface area contributed by atoms with Crippen LogP contribution in [0.3, 0.4) is 0 Å². The molecule has 1 heterocycles. The number of ether oxygens (including phenoxy) is 2. The van der Waals surface area contributed by atoms with Crippen LogP contribution in [0.5, 0.6) is 0 Å². The number of carboxylic acid groups (broad SMARTS) is 1. The second-order valence-corrected chi connectivity index (χ2v) is 7.76. The number of carboxylic acids is 1. The first-order valence-corrected chi connectivity index (χ1v) is 10.6. The topological polar surface area (TPSA) is 55.8 Å². The van der Waals surface area contributed by atoms with Crippen LogP contribution in [0.4, 0.5) is 0 Å². The minimum absolute atomic E-state index is 0.0990. The molecule has 0 radical (unpaired) electrons. The molecule has 1 aliphatic rings. The van der Waals surface area contributed by atoms with Crippen molar-refractivity contribution in [3.8, 4) is 0 Å². The van der Waals surface area contributed by atoms with E-state index in [9.17, 15) is 4.79 Å². The van der Waals surface area contributed by atoms with E-state index in [2.05, 4.69) is 6.92 Å². The summed E-state index contributed by atoms with van der Waals surface area (Å²) in [4.78, 5) is 10.7. The van der Waals surface area contributed by atoms with Crippen LogP contribution in [0.2, 0.25) is 0 Å². The van der Waals surface area contributed by atoms with E-state index in [1.807, 2.05) is 6.92 Å². The maximum absolute atomic E-state index is 10.7. The first-order valence-electron chi connectivity index (χ1n) is 10.6. The maximum Gasteiger partial charge on any atom is 0.303 e. The molecule has 1 fully saturated rings. The standard InChI is InChI=1S/C21H40O4/c1-3-4-5-6-7-8-9-10-11-12-13-14-15-19-18-24-21(2,25-19)17-16-20(22)23/h19H,3-18H2,1-2H3,(H,22,23). The summed E-state index contributed by atoms with van der Waals surface area (Å²) < 4.78 is 11.6. The van der Waals surface area contributed by atoms with E-state index in [1.54, 1.807) is 0 Å². The summed E-state index contributed by atoms with van der Waals surface area (Å²) in [5.41, 5.74) is 0. The van der Waals surface area contributed by atoms with E-state index in [1.165, 1.54) is 77.0 Å². The molecule has 0 aromatic rings. The molecule has 0 bridgehead atoms. The lowest BCUT2D eigenvalue weighted by Crippen LogP contribution is -2.27. The van der Waals surface area contributed by atoms with Gasteiger partial charge in [0.25, 0.3) is 0 Å². The largest absolute Gasteiger partial charge is 0.481 e. The van der Waals surface area contributed by atoms with Gasteiger partial charge in [-0.15, -0.1) is 0 Å². The van der Waals surface area contributed by atoms with Gasteiger partial charge in [-0.25, -0.2) is 0 Å². The van der Waals surface area contributed by atoms with Crippen LogP contribution < -0.4 is 0 Å². The van der Waals surface area contributed by atoms with Gasteiger partial charge in [-0.1, -0.05) is 84.0 Å². The summed E-state index contributed by atoms with van der Waals surface area (Å²) >= 11 is 0. The lowest BCUT2D eigenvalue weighted by Gasteiger charge is -2.22. The van der Waals surface area contributed by atoms with E-state index in [4.69, 9.17) is 14.6 Å². The zero-order chi connectivity index (χ0) is 18.4. The summed E-state index contributed by atoms with van der Waals surface area (Å²) in [6.07, 6.45) is 18.0. The molecule has 148 valence electrons. The average Bonchev–Trinajstić information content (AvgIpc) is 2.96. The molecule has 0 amide bonds. The zero-order valence-electron chi connectivity index (χ0n) is 16.6.